The number of aromatic nitrogens is 1. The number of hydrogen-bond donors (Lipinski definition) is 1. The molecule has 0 saturated heterocycles. The second kappa shape index (κ2) is 6.12. The van der Waals surface area contributed by atoms with E-state index in [2.05, 4.69) is 10.3 Å². The van der Waals surface area contributed by atoms with Crippen LogP contribution in [0.4, 0.5) is 5.69 Å². The van der Waals surface area contributed by atoms with E-state index in [-0.39, 0.29) is 0 Å². The summed E-state index contributed by atoms with van der Waals surface area (Å²) < 4.78 is 0. The molecule has 0 aliphatic heterocycles. The maximum atomic E-state index is 11.4. The van der Waals surface area contributed by atoms with E-state index < -0.39 is 11.9 Å². The molecule has 102 valence electrons. The molecule has 1 heterocycles. The van der Waals surface area contributed by atoms with Crippen LogP contribution in [0.1, 0.15) is 5.01 Å². The number of aliphatic carboxylic acids is 1. The fourth-order valence-corrected chi connectivity index (χ4v) is 2.17. The van der Waals surface area contributed by atoms with Gasteiger partial charge in [-0.1, -0.05) is 12.1 Å². The summed E-state index contributed by atoms with van der Waals surface area (Å²) in [6, 6.07) is 7.14. The number of anilines is 1. The van der Waals surface area contributed by atoms with Crippen LogP contribution in [0.2, 0.25) is 0 Å². The minimum absolute atomic E-state index is 0.522. The van der Waals surface area contributed by atoms with E-state index in [1.807, 2.05) is 24.4 Å². The molecule has 0 spiro atoms. The van der Waals surface area contributed by atoms with Gasteiger partial charge in [0.05, 0.1) is 16.7 Å². The molecule has 1 aromatic heterocycles. The van der Waals surface area contributed by atoms with Crippen LogP contribution >= 0.6 is 11.3 Å². The molecule has 0 unspecified atom stereocenters. The first-order valence-electron chi connectivity index (χ1n) is 5.77. The molecule has 2 rings (SSSR count). The highest BCUT2D eigenvalue weighted by Crippen LogP contribution is 2.22. The third-order valence-corrected chi connectivity index (χ3v) is 3.21. The average molecular weight is 287 g/mol. The third kappa shape index (κ3) is 3.76. The van der Waals surface area contributed by atoms with Crippen LogP contribution in [-0.4, -0.2) is 16.9 Å². The van der Waals surface area contributed by atoms with E-state index in [0.29, 0.717) is 11.8 Å². The Morgan fingerprint density at radius 2 is 1.95 bits per heavy atom. The molecule has 0 aliphatic rings. The Morgan fingerprint density at radius 1 is 1.25 bits per heavy atom. The number of nitrogens with one attached hydrogen (secondary N) is 1. The minimum Gasteiger partial charge on any atom is -0.545 e. The van der Waals surface area contributed by atoms with Gasteiger partial charge in [-0.15, -0.1) is 11.3 Å². The average Bonchev–Trinajstić information content (AvgIpc) is 2.84. The van der Waals surface area contributed by atoms with Gasteiger partial charge in [-0.05, 0) is 25.1 Å². The third-order valence-electron chi connectivity index (χ3n) is 2.44. The molecule has 0 fully saturated rings. The number of carboxylic acid groups (broad SMARTS) is 1. The van der Waals surface area contributed by atoms with Crippen molar-refractivity contribution in [3.63, 3.8) is 0 Å². The summed E-state index contributed by atoms with van der Waals surface area (Å²) in [6.07, 6.45) is 1.59. The van der Waals surface area contributed by atoms with Crippen LogP contribution in [-0.2, 0) is 9.59 Å². The lowest BCUT2D eigenvalue weighted by molar-refractivity contribution is -0.297. The van der Waals surface area contributed by atoms with Crippen molar-refractivity contribution in [2.75, 3.05) is 5.32 Å². The van der Waals surface area contributed by atoms with Crippen LogP contribution in [0, 0.1) is 6.92 Å². The summed E-state index contributed by atoms with van der Waals surface area (Å²) in [5.74, 6) is -1.93. The van der Waals surface area contributed by atoms with E-state index in [1.54, 1.807) is 23.5 Å². The van der Waals surface area contributed by atoms with Gasteiger partial charge >= 0.3 is 0 Å². The van der Waals surface area contributed by atoms with Crippen LogP contribution in [0.5, 0.6) is 0 Å². The summed E-state index contributed by atoms with van der Waals surface area (Å²) >= 11 is 1.57. The zero-order valence-corrected chi connectivity index (χ0v) is 11.4. The molecular weight excluding hydrogens is 276 g/mol. The molecule has 6 heteroatoms. The van der Waals surface area contributed by atoms with Crippen LogP contribution in [0.3, 0.4) is 0 Å². The lowest BCUT2D eigenvalue weighted by Crippen LogP contribution is -2.20. The molecule has 0 bridgehead atoms. The van der Waals surface area contributed by atoms with Crippen LogP contribution in [0.15, 0.2) is 41.8 Å². The van der Waals surface area contributed by atoms with Gasteiger partial charge in [0.25, 0.3) is 0 Å². The number of thiazole rings is 1. The molecule has 20 heavy (non-hydrogen) atoms. The SMILES string of the molecule is Cc1nc(-c2ccc(NC(=O)/C=C\C(=O)[O-])cc2)cs1. The van der Waals surface area contributed by atoms with E-state index in [0.717, 1.165) is 22.3 Å². The van der Waals surface area contributed by atoms with Gasteiger partial charge in [-0.3, -0.25) is 4.79 Å². The van der Waals surface area contributed by atoms with E-state index in [1.165, 1.54) is 0 Å². The monoisotopic (exact) mass is 287 g/mol. The minimum atomic E-state index is -1.41. The highest BCUT2D eigenvalue weighted by atomic mass is 32.1. The molecular formula is C14H11N2O3S-. The van der Waals surface area contributed by atoms with Gasteiger partial charge in [0.15, 0.2) is 0 Å². The first kappa shape index (κ1) is 14.0. The van der Waals surface area contributed by atoms with Crippen molar-refractivity contribution < 1.29 is 14.7 Å². The Balaban J connectivity index is 2.05. The molecule has 0 aliphatic carbocycles. The topological polar surface area (TPSA) is 82.1 Å². The van der Waals surface area contributed by atoms with Gasteiger partial charge in [0, 0.05) is 22.7 Å². The number of carboxylic acids is 1. The number of hydrogen-bond acceptors (Lipinski definition) is 5. The van der Waals surface area contributed by atoms with Crippen molar-refractivity contribution in [2.24, 2.45) is 0 Å². The number of carbonyl (C=O) groups is 2. The Morgan fingerprint density at radius 3 is 2.50 bits per heavy atom. The fourth-order valence-electron chi connectivity index (χ4n) is 1.55. The van der Waals surface area contributed by atoms with E-state index in [4.69, 9.17) is 0 Å². The largest absolute Gasteiger partial charge is 0.545 e. The lowest BCUT2D eigenvalue weighted by atomic mass is 10.1. The first-order valence-corrected chi connectivity index (χ1v) is 6.65. The van der Waals surface area contributed by atoms with E-state index >= 15 is 0 Å². The standard InChI is InChI=1S/C14H12N2O3S/c1-9-15-12(8-20-9)10-2-4-11(5-3-10)16-13(17)6-7-14(18)19/h2-8H,1H3,(H,16,17)(H,18,19)/p-1/b7-6-. The maximum Gasteiger partial charge on any atom is 0.248 e. The predicted molar refractivity (Wildman–Crippen MR) is 75.1 cm³/mol. The summed E-state index contributed by atoms with van der Waals surface area (Å²) in [6.45, 7) is 1.94. The Kier molecular flexibility index (Phi) is 4.27. The van der Waals surface area contributed by atoms with Crippen molar-refractivity contribution in [3.05, 3.63) is 46.8 Å². The van der Waals surface area contributed by atoms with E-state index in [9.17, 15) is 14.7 Å². The molecule has 5 nitrogen and oxygen atoms in total. The summed E-state index contributed by atoms with van der Waals surface area (Å²) in [4.78, 5) is 25.9. The predicted octanol–water partition coefficient (Wildman–Crippen LogP) is 1.36. The zero-order chi connectivity index (χ0) is 14.5. The number of amides is 1. The second-order valence-electron chi connectivity index (χ2n) is 3.97. The highest BCUT2D eigenvalue weighted by molar-refractivity contribution is 7.09. The second-order valence-corrected chi connectivity index (χ2v) is 5.03. The van der Waals surface area contributed by atoms with Crippen molar-refractivity contribution in [3.8, 4) is 11.3 Å². The van der Waals surface area contributed by atoms with Crippen LogP contribution in [0.25, 0.3) is 11.3 Å². The smallest absolute Gasteiger partial charge is 0.248 e. The summed E-state index contributed by atoms with van der Waals surface area (Å²) in [5, 5.41) is 15.7. The molecule has 1 aromatic carbocycles. The van der Waals surface area contributed by atoms with Gasteiger partial charge in [-0.2, -0.15) is 0 Å². The Labute approximate surface area is 119 Å². The normalized spacial score (nSPS) is 10.7. The zero-order valence-electron chi connectivity index (χ0n) is 10.6. The summed E-state index contributed by atoms with van der Waals surface area (Å²) in [7, 11) is 0. The van der Waals surface area contributed by atoms with Gasteiger partial charge in [0.1, 0.15) is 0 Å². The number of rotatable bonds is 4. The Hall–Kier alpha value is -2.47. The van der Waals surface area contributed by atoms with Gasteiger partial charge < -0.3 is 15.2 Å². The number of benzene rings is 1. The molecule has 0 radical (unpaired) electrons. The number of nitrogens with zero attached hydrogens (tertiary/aromatic N) is 1. The van der Waals surface area contributed by atoms with Crippen molar-refractivity contribution in [1.29, 1.82) is 0 Å². The molecule has 0 saturated carbocycles. The fraction of sp³-hybridized carbons (Fsp3) is 0.0714. The van der Waals surface area contributed by atoms with Gasteiger partial charge in [-0.25, -0.2) is 4.98 Å². The Bertz CT molecular complexity index is 659. The van der Waals surface area contributed by atoms with Crippen molar-refractivity contribution in [1.82, 2.24) is 4.98 Å². The lowest BCUT2D eigenvalue weighted by Gasteiger charge is -2.03. The first-order chi connectivity index (χ1) is 9.54. The quantitative estimate of drug-likeness (QED) is 0.861. The molecule has 1 amide bonds. The van der Waals surface area contributed by atoms with Crippen LogP contribution < -0.4 is 10.4 Å². The summed E-state index contributed by atoms with van der Waals surface area (Å²) in [5.41, 5.74) is 2.42. The van der Waals surface area contributed by atoms with Crippen molar-refractivity contribution in [2.45, 2.75) is 6.92 Å². The molecule has 2 aromatic rings. The molecule has 1 N–H and O–H groups in total. The van der Waals surface area contributed by atoms with Gasteiger partial charge in [0.2, 0.25) is 5.91 Å². The molecule has 0 atom stereocenters. The maximum absolute atomic E-state index is 11.4. The highest BCUT2D eigenvalue weighted by Gasteiger charge is 2.03. The number of aryl methyl sites for hydroxylation is 1. The van der Waals surface area contributed by atoms with Crippen molar-refractivity contribution >= 4 is 28.9 Å². The number of carbonyl (C=O) groups excluding carboxylic acids is 2.